The summed E-state index contributed by atoms with van der Waals surface area (Å²) in [6.45, 7) is 4.20. The van der Waals surface area contributed by atoms with Crippen LogP contribution in [0.3, 0.4) is 0 Å². The van der Waals surface area contributed by atoms with Crippen LogP contribution in [0.5, 0.6) is 0 Å². The van der Waals surface area contributed by atoms with Gasteiger partial charge in [-0.15, -0.1) is 0 Å². The van der Waals surface area contributed by atoms with Crippen molar-refractivity contribution in [3.8, 4) is 11.3 Å². The van der Waals surface area contributed by atoms with Gasteiger partial charge < -0.3 is 4.90 Å². The summed E-state index contributed by atoms with van der Waals surface area (Å²) < 4.78 is 0. The molecule has 0 unspecified atom stereocenters. The predicted octanol–water partition coefficient (Wildman–Crippen LogP) is 3.99. The predicted molar refractivity (Wildman–Crippen MR) is 80.9 cm³/mol. The maximum Gasteiger partial charge on any atom is 0.136 e. The van der Waals surface area contributed by atoms with Crippen molar-refractivity contribution in [1.82, 2.24) is 9.97 Å². The Kier molecular flexibility index (Phi) is 4.05. The van der Waals surface area contributed by atoms with Gasteiger partial charge in [0, 0.05) is 30.9 Å². The van der Waals surface area contributed by atoms with E-state index in [4.69, 9.17) is 11.6 Å². The molecule has 1 aromatic carbocycles. The van der Waals surface area contributed by atoms with E-state index in [1.54, 1.807) is 0 Å². The molecule has 2 aromatic rings. The molecule has 1 heterocycles. The van der Waals surface area contributed by atoms with Crippen molar-refractivity contribution < 1.29 is 0 Å². The van der Waals surface area contributed by atoms with E-state index in [2.05, 4.69) is 53.0 Å². The Morgan fingerprint density at radius 2 is 1.68 bits per heavy atom. The molecule has 0 aliphatic rings. The summed E-state index contributed by atoms with van der Waals surface area (Å²) in [6.07, 6.45) is 1.52. The lowest BCUT2D eigenvalue weighted by molar-refractivity contribution is 0.850. The fraction of sp³-hybridized carbons (Fsp3) is 0.333. The largest absolute Gasteiger partial charge is 0.378 e. The first kappa shape index (κ1) is 13.8. The van der Waals surface area contributed by atoms with Crippen LogP contribution in [-0.4, -0.2) is 24.1 Å². The molecule has 0 aliphatic heterocycles. The fourth-order valence-corrected chi connectivity index (χ4v) is 2.38. The third-order valence-electron chi connectivity index (χ3n) is 3.07. The van der Waals surface area contributed by atoms with Crippen molar-refractivity contribution >= 4 is 17.3 Å². The van der Waals surface area contributed by atoms with Gasteiger partial charge in [0.05, 0.1) is 5.69 Å². The average Bonchev–Trinajstić information content (AvgIpc) is 2.38. The maximum absolute atomic E-state index is 6.20. The second-order valence-electron chi connectivity index (χ2n) is 5.02. The molecule has 0 bridgehead atoms. The highest BCUT2D eigenvalue weighted by Crippen LogP contribution is 2.32. The summed E-state index contributed by atoms with van der Waals surface area (Å²) in [7, 11) is 4.05. The van der Waals surface area contributed by atoms with Crippen LogP contribution in [0.25, 0.3) is 11.3 Å². The number of hydrogen-bond donors (Lipinski definition) is 0. The molecule has 0 aliphatic carbocycles. The maximum atomic E-state index is 6.20. The number of nitrogens with zero attached hydrogens (tertiary/aromatic N) is 3. The highest BCUT2D eigenvalue weighted by Gasteiger charge is 2.14. The molecule has 1 aromatic heterocycles. The zero-order valence-electron chi connectivity index (χ0n) is 11.7. The Morgan fingerprint density at radius 1 is 1.05 bits per heavy atom. The van der Waals surface area contributed by atoms with Crippen molar-refractivity contribution in [2.24, 2.45) is 0 Å². The van der Waals surface area contributed by atoms with Crippen molar-refractivity contribution in [3.63, 3.8) is 0 Å². The van der Waals surface area contributed by atoms with Gasteiger partial charge in [0.2, 0.25) is 0 Å². The van der Waals surface area contributed by atoms with Gasteiger partial charge in [0.25, 0.3) is 0 Å². The molecule has 0 atom stereocenters. The fourth-order valence-electron chi connectivity index (χ4n) is 2.03. The number of benzene rings is 1. The summed E-state index contributed by atoms with van der Waals surface area (Å²) in [4.78, 5) is 10.5. The Balaban J connectivity index is 2.50. The second kappa shape index (κ2) is 5.57. The van der Waals surface area contributed by atoms with Gasteiger partial charge in [0.1, 0.15) is 11.5 Å². The summed E-state index contributed by atoms with van der Waals surface area (Å²) in [5.74, 6) is 0.289. The molecule has 3 nitrogen and oxygen atoms in total. The van der Waals surface area contributed by atoms with Gasteiger partial charge in [-0.25, -0.2) is 9.97 Å². The molecule has 0 amide bonds. The lowest BCUT2D eigenvalue weighted by atomic mass is 9.98. The van der Waals surface area contributed by atoms with Gasteiger partial charge >= 0.3 is 0 Å². The number of aromatic nitrogens is 2. The molecule has 0 radical (unpaired) electrons. The standard InChI is InChI=1S/C15H18ClN3/c1-10(2)13-14(17-9-18-15(13)16)11-5-7-12(8-6-11)19(3)4/h5-10H,1-4H3. The van der Waals surface area contributed by atoms with Crippen LogP contribution >= 0.6 is 11.6 Å². The van der Waals surface area contributed by atoms with Crippen molar-refractivity contribution in [2.75, 3.05) is 19.0 Å². The SMILES string of the molecule is CC(C)c1c(Cl)ncnc1-c1ccc(N(C)C)cc1. The van der Waals surface area contributed by atoms with Gasteiger partial charge in [-0.2, -0.15) is 0 Å². The van der Waals surface area contributed by atoms with Crippen molar-refractivity contribution in [2.45, 2.75) is 19.8 Å². The molecule has 2 rings (SSSR count). The van der Waals surface area contributed by atoms with E-state index in [9.17, 15) is 0 Å². The lowest BCUT2D eigenvalue weighted by Crippen LogP contribution is -2.08. The van der Waals surface area contributed by atoms with Crippen LogP contribution in [0, 0.1) is 0 Å². The van der Waals surface area contributed by atoms with Crippen LogP contribution in [-0.2, 0) is 0 Å². The molecule has 19 heavy (non-hydrogen) atoms. The smallest absolute Gasteiger partial charge is 0.136 e. The van der Waals surface area contributed by atoms with Gasteiger partial charge in [-0.05, 0) is 18.1 Å². The topological polar surface area (TPSA) is 29.0 Å². The highest BCUT2D eigenvalue weighted by atomic mass is 35.5. The van der Waals surface area contributed by atoms with Gasteiger partial charge in [-0.1, -0.05) is 37.6 Å². The summed E-state index contributed by atoms with van der Waals surface area (Å²) in [5.41, 5.74) is 4.15. The third kappa shape index (κ3) is 2.87. The minimum atomic E-state index is 0.289. The highest BCUT2D eigenvalue weighted by molar-refractivity contribution is 6.30. The third-order valence-corrected chi connectivity index (χ3v) is 3.37. The number of halogens is 1. The first-order chi connectivity index (χ1) is 9.00. The van der Waals surface area contributed by atoms with Crippen LogP contribution in [0.15, 0.2) is 30.6 Å². The molecular weight excluding hydrogens is 258 g/mol. The Labute approximate surface area is 119 Å². The van der Waals surface area contributed by atoms with Crippen molar-refractivity contribution in [1.29, 1.82) is 0 Å². The Bertz CT molecular complexity index is 562. The first-order valence-corrected chi connectivity index (χ1v) is 6.66. The normalized spacial score (nSPS) is 10.8. The van der Waals surface area contributed by atoms with E-state index in [0.29, 0.717) is 5.15 Å². The number of anilines is 1. The zero-order chi connectivity index (χ0) is 14.0. The number of hydrogen-bond acceptors (Lipinski definition) is 3. The average molecular weight is 276 g/mol. The van der Waals surface area contributed by atoms with Gasteiger partial charge in [-0.3, -0.25) is 0 Å². The van der Waals surface area contributed by atoms with E-state index < -0.39 is 0 Å². The summed E-state index contributed by atoms with van der Waals surface area (Å²) >= 11 is 6.20. The summed E-state index contributed by atoms with van der Waals surface area (Å²) in [5, 5.41) is 0.539. The monoisotopic (exact) mass is 275 g/mol. The molecule has 100 valence electrons. The van der Waals surface area contributed by atoms with Gasteiger partial charge in [0.15, 0.2) is 0 Å². The Morgan fingerprint density at radius 3 is 2.21 bits per heavy atom. The molecule has 0 saturated carbocycles. The van der Waals surface area contributed by atoms with Crippen LogP contribution in [0.2, 0.25) is 5.15 Å². The molecular formula is C15H18ClN3. The quantitative estimate of drug-likeness (QED) is 0.793. The minimum Gasteiger partial charge on any atom is -0.378 e. The van der Waals surface area contributed by atoms with E-state index in [-0.39, 0.29) is 5.92 Å². The molecule has 4 heteroatoms. The van der Waals surface area contributed by atoms with Crippen LogP contribution < -0.4 is 4.90 Å². The lowest BCUT2D eigenvalue weighted by Gasteiger charge is -2.15. The zero-order valence-corrected chi connectivity index (χ0v) is 12.4. The van der Waals surface area contributed by atoms with Crippen molar-refractivity contribution in [3.05, 3.63) is 41.3 Å². The minimum absolute atomic E-state index is 0.289. The van der Waals surface area contributed by atoms with Crippen LogP contribution in [0.1, 0.15) is 25.3 Å². The molecule has 0 spiro atoms. The van der Waals surface area contributed by atoms with E-state index >= 15 is 0 Å². The molecule has 0 saturated heterocycles. The molecule has 0 N–H and O–H groups in total. The summed E-state index contributed by atoms with van der Waals surface area (Å²) in [6, 6.07) is 8.30. The van der Waals surface area contributed by atoms with E-state index in [1.165, 1.54) is 6.33 Å². The van der Waals surface area contributed by atoms with Crippen LogP contribution in [0.4, 0.5) is 5.69 Å². The van der Waals surface area contributed by atoms with E-state index in [0.717, 1.165) is 22.5 Å². The first-order valence-electron chi connectivity index (χ1n) is 6.29. The molecule has 0 fully saturated rings. The van der Waals surface area contributed by atoms with E-state index in [1.807, 2.05) is 14.1 Å². The Hall–Kier alpha value is -1.61. The number of rotatable bonds is 3. The second-order valence-corrected chi connectivity index (χ2v) is 5.38.